The standard InChI is InChI=1S/C16H22O/c1-12-10-11-16(17,13-6-2-3-7-13)15-9-5-4-8-14(12)15/h4-5,8-9,12-13,17H,2-3,6-7,10-11H2,1H3. The van der Waals surface area contributed by atoms with Crippen LogP contribution in [0.4, 0.5) is 0 Å². The molecule has 0 bridgehead atoms. The van der Waals surface area contributed by atoms with Crippen LogP contribution in [0.5, 0.6) is 0 Å². The molecular weight excluding hydrogens is 208 g/mol. The molecular formula is C16H22O. The van der Waals surface area contributed by atoms with Gasteiger partial charge in [-0.05, 0) is 48.6 Å². The summed E-state index contributed by atoms with van der Waals surface area (Å²) < 4.78 is 0. The van der Waals surface area contributed by atoms with Crippen molar-refractivity contribution in [3.8, 4) is 0 Å². The summed E-state index contributed by atoms with van der Waals surface area (Å²) in [6, 6.07) is 8.55. The molecule has 1 aromatic carbocycles. The molecule has 0 amide bonds. The summed E-state index contributed by atoms with van der Waals surface area (Å²) >= 11 is 0. The fraction of sp³-hybridized carbons (Fsp3) is 0.625. The van der Waals surface area contributed by atoms with Crippen LogP contribution in [0.3, 0.4) is 0 Å². The van der Waals surface area contributed by atoms with Gasteiger partial charge in [0.2, 0.25) is 0 Å². The molecule has 2 aliphatic rings. The van der Waals surface area contributed by atoms with Gasteiger partial charge in [-0.1, -0.05) is 44.0 Å². The molecule has 0 spiro atoms. The van der Waals surface area contributed by atoms with Crippen LogP contribution in [0.2, 0.25) is 0 Å². The Balaban J connectivity index is 2.04. The second-order valence-corrected chi connectivity index (χ2v) is 5.93. The number of rotatable bonds is 1. The molecule has 2 aliphatic carbocycles. The van der Waals surface area contributed by atoms with E-state index in [0.29, 0.717) is 11.8 Å². The van der Waals surface area contributed by atoms with E-state index in [0.717, 1.165) is 12.8 Å². The lowest BCUT2D eigenvalue weighted by atomic mass is 9.68. The fourth-order valence-electron chi connectivity index (χ4n) is 3.88. The molecule has 1 N–H and O–H groups in total. The third-order valence-electron chi connectivity index (χ3n) is 4.95. The minimum absolute atomic E-state index is 0.496. The summed E-state index contributed by atoms with van der Waals surface area (Å²) in [5, 5.41) is 11.1. The highest BCUT2D eigenvalue weighted by Gasteiger charge is 2.43. The van der Waals surface area contributed by atoms with Crippen molar-refractivity contribution >= 4 is 0 Å². The van der Waals surface area contributed by atoms with Crippen LogP contribution in [-0.2, 0) is 5.60 Å². The van der Waals surface area contributed by atoms with Gasteiger partial charge in [-0.15, -0.1) is 0 Å². The summed E-state index contributed by atoms with van der Waals surface area (Å²) in [5.41, 5.74) is 2.08. The first kappa shape index (κ1) is 11.3. The molecule has 0 saturated heterocycles. The van der Waals surface area contributed by atoms with E-state index in [9.17, 15) is 5.11 Å². The molecule has 2 atom stereocenters. The minimum atomic E-state index is -0.528. The van der Waals surface area contributed by atoms with Crippen LogP contribution in [0.25, 0.3) is 0 Å². The Morgan fingerprint density at radius 2 is 1.82 bits per heavy atom. The lowest BCUT2D eigenvalue weighted by Gasteiger charge is -2.41. The summed E-state index contributed by atoms with van der Waals surface area (Å²) in [6.45, 7) is 2.28. The van der Waals surface area contributed by atoms with E-state index in [4.69, 9.17) is 0 Å². The van der Waals surface area contributed by atoms with Crippen molar-refractivity contribution in [3.63, 3.8) is 0 Å². The summed E-state index contributed by atoms with van der Waals surface area (Å²) in [7, 11) is 0. The smallest absolute Gasteiger partial charge is 0.0927 e. The Kier molecular flexibility index (Phi) is 2.74. The van der Waals surface area contributed by atoms with Crippen molar-refractivity contribution in [1.29, 1.82) is 0 Å². The molecule has 3 rings (SSSR count). The van der Waals surface area contributed by atoms with Crippen molar-refractivity contribution in [1.82, 2.24) is 0 Å². The maximum atomic E-state index is 11.1. The van der Waals surface area contributed by atoms with E-state index in [1.807, 2.05) is 0 Å². The molecule has 1 heteroatoms. The first-order valence-electron chi connectivity index (χ1n) is 7.03. The van der Waals surface area contributed by atoms with E-state index >= 15 is 0 Å². The lowest BCUT2D eigenvalue weighted by molar-refractivity contribution is -0.0395. The predicted molar refractivity (Wildman–Crippen MR) is 69.9 cm³/mol. The summed E-state index contributed by atoms with van der Waals surface area (Å²) in [5.74, 6) is 1.10. The number of aliphatic hydroxyl groups is 1. The Bertz CT molecular complexity index is 406. The van der Waals surface area contributed by atoms with Crippen molar-refractivity contribution < 1.29 is 5.11 Å². The zero-order valence-electron chi connectivity index (χ0n) is 10.7. The second-order valence-electron chi connectivity index (χ2n) is 5.93. The van der Waals surface area contributed by atoms with E-state index in [1.165, 1.54) is 36.8 Å². The van der Waals surface area contributed by atoms with Crippen molar-refractivity contribution in [3.05, 3.63) is 35.4 Å². The normalized spacial score (nSPS) is 33.6. The van der Waals surface area contributed by atoms with Gasteiger partial charge in [-0.2, -0.15) is 0 Å². The molecule has 92 valence electrons. The van der Waals surface area contributed by atoms with Crippen LogP contribution in [0, 0.1) is 5.92 Å². The monoisotopic (exact) mass is 230 g/mol. The maximum absolute atomic E-state index is 11.1. The van der Waals surface area contributed by atoms with Gasteiger partial charge >= 0.3 is 0 Å². The van der Waals surface area contributed by atoms with Gasteiger partial charge in [0.05, 0.1) is 5.60 Å². The molecule has 0 heterocycles. The number of hydrogen-bond donors (Lipinski definition) is 1. The van der Waals surface area contributed by atoms with Crippen molar-refractivity contribution in [2.24, 2.45) is 5.92 Å². The van der Waals surface area contributed by atoms with Crippen molar-refractivity contribution in [2.75, 3.05) is 0 Å². The van der Waals surface area contributed by atoms with Crippen LogP contribution >= 0.6 is 0 Å². The first-order chi connectivity index (χ1) is 8.22. The summed E-state index contributed by atoms with van der Waals surface area (Å²) in [6.07, 6.45) is 7.09. The Morgan fingerprint density at radius 1 is 1.12 bits per heavy atom. The SMILES string of the molecule is CC1CCC(O)(C2CCCC2)c2ccccc21. The van der Waals surface area contributed by atoms with Gasteiger partial charge in [0.1, 0.15) is 0 Å². The van der Waals surface area contributed by atoms with Gasteiger partial charge in [0, 0.05) is 0 Å². The minimum Gasteiger partial charge on any atom is -0.385 e. The highest BCUT2D eigenvalue weighted by Crippen LogP contribution is 2.49. The largest absolute Gasteiger partial charge is 0.385 e. The second kappa shape index (κ2) is 4.13. The van der Waals surface area contributed by atoms with E-state index in [1.54, 1.807) is 0 Å². The molecule has 1 saturated carbocycles. The highest BCUT2D eigenvalue weighted by atomic mass is 16.3. The third-order valence-corrected chi connectivity index (χ3v) is 4.95. The van der Waals surface area contributed by atoms with E-state index in [-0.39, 0.29) is 0 Å². The maximum Gasteiger partial charge on any atom is 0.0927 e. The van der Waals surface area contributed by atoms with Crippen LogP contribution in [0.15, 0.2) is 24.3 Å². The Hall–Kier alpha value is -0.820. The van der Waals surface area contributed by atoms with Gasteiger partial charge in [0.25, 0.3) is 0 Å². The quantitative estimate of drug-likeness (QED) is 0.774. The van der Waals surface area contributed by atoms with Crippen LogP contribution < -0.4 is 0 Å². The number of hydrogen-bond acceptors (Lipinski definition) is 1. The molecule has 1 aromatic rings. The molecule has 17 heavy (non-hydrogen) atoms. The topological polar surface area (TPSA) is 20.2 Å². The van der Waals surface area contributed by atoms with Gasteiger partial charge in [-0.3, -0.25) is 0 Å². The van der Waals surface area contributed by atoms with Gasteiger partial charge in [-0.25, -0.2) is 0 Å². The summed E-state index contributed by atoms with van der Waals surface area (Å²) in [4.78, 5) is 0. The number of benzene rings is 1. The van der Waals surface area contributed by atoms with Gasteiger partial charge in [0.15, 0.2) is 0 Å². The molecule has 0 radical (unpaired) electrons. The van der Waals surface area contributed by atoms with E-state index < -0.39 is 5.60 Å². The Labute approximate surface area is 104 Å². The molecule has 1 fully saturated rings. The van der Waals surface area contributed by atoms with Crippen molar-refractivity contribution in [2.45, 2.75) is 57.0 Å². The Morgan fingerprint density at radius 3 is 2.59 bits per heavy atom. The number of fused-ring (bicyclic) bond motifs is 1. The highest BCUT2D eigenvalue weighted by molar-refractivity contribution is 5.38. The average molecular weight is 230 g/mol. The molecule has 0 aromatic heterocycles. The van der Waals surface area contributed by atoms with Gasteiger partial charge < -0.3 is 5.11 Å². The van der Waals surface area contributed by atoms with E-state index in [2.05, 4.69) is 31.2 Å². The molecule has 1 nitrogen and oxygen atoms in total. The average Bonchev–Trinajstić information content (AvgIpc) is 2.89. The fourth-order valence-corrected chi connectivity index (χ4v) is 3.88. The third kappa shape index (κ3) is 1.72. The van der Waals surface area contributed by atoms with Crippen LogP contribution in [-0.4, -0.2) is 5.11 Å². The predicted octanol–water partition coefficient (Wildman–Crippen LogP) is 3.96. The zero-order chi connectivity index (χ0) is 11.9. The lowest BCUT2D eigenvalue weighted by Crippen LogP contribution is -2.38. The zero-order valence-corrected chi connectivity index (χ0v) is 10.7. The van der Waals surface area contributed by atoms with Crippen LogP contribution in [0.1, 0.15) is 62.5 Å². The first-order valence-corrected chi connectivity index (χ1v) is 7.03. The molecule has 0 aliphatic heterocycles. The molecule has 2 unspecified atom stereocenters.